The summed E-state index contributed by atoms with van der Waals surface area (Å²) in [6, 6.07) is 85.3. The van der Waals surface area contributed by atoms with Crippen LogP contribution < -0.4 is 0 Å². The minimum Gasteiger partial charge on any atom is -0.308 e. The fraction of sp³-hybridized carbons (Fsp3) is 0.115. The van der Waals surface area contributed by atoms with Gasteiger partial charge in [0, 0.05) is 59.7 Å². The van der Waals surface area contributed by atoms with E-state index in [1.807, 2.05) is 0 Å². The molecule has 84 heavy (non-hydrogen) atoms. The van der Waals surface area contributed by atoms with E-state index in [2.05, 4.69) is 286 Å². The van der Waals surface area contributed by atoms with Gasteiger partial charge < -0.3 is 9.13 Å². The van der Waals surface area contributed by atoms with Crippen LogP contribution in [0.4, 0.5) is 0 Å². The van der Waals surface area contributed by atoms with Crippen LogP contribution in [-0.4, -0.2) is 28.7 Å². The van der Waals surface area contributed by atoms with Gasteiger partial charge in [-0.25, -0.2) is 4.98 Å². The third-order valence-electron chi connectivity index (χ3n) is 19.7. The van der Waals surface area contributed by atoms with Crippen molar-refractivity contribution in [1.82, 2.24) is 28.7 Å². The van der Waals surface area contributed by atoms with Crippen LogP contribution in [0.25, 0.3) is 139 Å². The second-order valence-corrected chi connectivity index (χ2v) is 25.1. The average molecular weight is 1080 g/mol. The summed E-state index contributed by atoms with van der Waals surface area (Å²) in [6.07, 6.45) is 0. The van der Waals surface area contributed by atoms with Gasteiger partial charge in [0.1, 0.15) is 0 Å². The SMILES string of the molecule is CC1(C)c2ccccc2-c2cc3c(cc21)c1ccccc1n3-c1ccccc1-c1nc(-c2ccccc2-n2c3ccccc3c3cc4c(cc32)C(C)(C)c2ccccc2-4)nc(-n2c3ccccc3c3cc4c(cc32)C(C)(C)c2ccccc2-4)n1. The maximum Gasteiger partial charge on any atom is 0.238 e. The molecule has 0 saturated heterocycles. The molecule has 4 aromatic heterocycles. The molecule has 3 aliphatic carbocycles. The Balaban J connectivity index is 0.924. The van der Waals surface area contributed by atoms with Gasteiger partial charge in [-0.15, -0.1) is 0 Å². The van der Waals surface area contributed by atoms with Gasteiger partial charge in [-0.3, -0.25) is 4.57 Å². The maximum absolute atomic E-state index is 5.77. The highest BCUT2D eigenvalue weighted by Gasteiger charge is 2.39. The van der Waals surface area contributed by atoms with Crippen LogP contribution in [-0.2, 0) is 16.2 Å². The van der Waals surface area contributed by atoms with Crippen molar-refractivity contribution >= 4 is 65.4 Å². The molecule has 0 aliphatic heterocycles. The number of hydrogen-bond donors (Lipinski definition) is 0. The predicted octanol–water partition coefficient (Wildman–Crippen LogP) is 19.4. The highest BCUT2D eigenvalue weighted by Crippen LogP contribution is 2.55. The van der Waals surface area contributed by atoms with Crippen LogP contribution in [0.1, 0.15) is 74.9 Å². The van der Waals surface area contributed by atoms with E-state index in [-0.39, 0.29) is 16.2 Å². The second kappa shape index (κ2) is 16.5. The Morgan fingerprint density at radius 1 is 0.238 bits per heavy atom. The predicted molar refractivity (Wildman–Crippen MR) is 346 cm³/mol. The lowest BCUT2D eigenvalue weighted by atomic mass is 9.82. The molecule has 0 unspecified atom stereocenters. The number of nitrogens with zero attached hydrogens (tertiary/aromatic N) is 6. The zero-order valence-electron chi connectivity index (χ0n) is 47.6. The van der Waals surface area contributed by atoms with Crippen molar-refractivity contribution in [1.29, 1.82) is 0 Å². The Morgan fingerprint density at radius 3 is 1.01 bits per heavy atom. The maximum atomic E-state index is 5.77. The van der Waals surface area contributed by atoms with E-state index in [0.29, 0.717) is 17.6 Å². The van der Waals surface area contributed by atoms with Gasteiger partial charge in [0.05, 0.1) is 44.5 Å². The molecule has 398 valence electrons. The summed E-state index contributed by atoms with van der Waals surface area (Å²) in [5, 5.41) is 7.14. The molecule has 0 atom stereocenters. The number of para-hydroxylation sites is 5. The Kier molecular flexibility index (Phi) is 9.33. The van der Waals surface area contributed by atoms with Gasteiger partial charge in [-0.05, 0) is 146 Å². The number of fused-ring (bicyclic) bond motifs is 18. The van der Waals surface area contributed by atoms with Crippen molar-refractivity contribution in [2.75, 3.05) is 0 Å². The van der Waals surface area contributed by atoms with Crippen molar-refractivity contribution < 1.29 is 0 Å². The molecular formula is C78H56N6. The summed E-state index contributed by atoms with van der Waals surface area (Å²) in [7, 11) is 0. The monoisotopic (exact) mass is 1080 g/mol. The van der Waals surface area contributed by atoms with Crippen molar-refractivity contribution in [2.45, 2.75) is 57.8 Å². The number of benzene rings is 11. The van der Waals surface area contributed by atoms with Crippen LogP contribution in [0, 0.1) is 0 Å². The molecule has 6 nitrogen and oxygen atoms in total. The molecule has 11 aromatic carbocycles. The molecule has 18 rings (SSSR count). The Bertz CT molecular complexity index is 5420. The average Bonchev–Trinajstić information content (AvgIpc) is 2.48. The lowest BCUT2D eigenvalue weighted by Gasteiger charge is -2.22. The van der Waals surface area contributed by atoms with Crippen LogP contribution in [0.3, 0.4) is 0 Å². The number of hydrogen-bond acceptors (Lipinski definition) is 3. The first-order valence-corrected chi connectivity index (χ1v) is 29.4. The van der Waals surface area contributed by atoms with Crippen molar-refractivity contribution in [3.63, 3.8) is 0 Å². The quantitative estimate of drug-likeness (QED) is 0.173. The summed E-state index contributed by atoms with van der Waals surface area (Å²) in [4.78, 5) is 17.3. The summed E-state index contributed by atoms with van der Waals surface area (Å²) in [6.45, 7) is 14.2. The van der Waals surface area contributed by atoms with Crippen molar-refractivity contribution in [3.05, 3.63) is 264 Å². The molecule has 0 radical (unpaired) electrons. The van der Waals surface area contributed by atoms with Crippen LogP contribution >= 0.6 is 0 Å². The van der Waals surface area contributed by atoms with E-state index in [4.69, 9.17) is 15.0 Å². The third-order valence-corrected chi connectivity index (χ3v) is 19.7. The fourth-order valence-electron chi connectivity index (χ4n) is 15.6. The lowest BCUT2D eigenvalue weighted by Crippen LogP contribution is -2.15. The van der Waals surface area contributed by atoms with Crippen LogP contribution in [0.5, 0.6) is 0 Å². The highest BCUT2D eigenvalue weighted by molar-refractivity contribution is 6.14. The van der Waals surface area contributed by atoms with Gasteiger partial charge in [0.2, 0.25) is 5.95 Å². The number of rotatable bonds is 5. The molecule has 4 heterocycles. The molecule has 3 aliphatic rings. The normalized spacial score (nSPS) is 14.8. The molecule has 0 saturated carbocycles. The summed E-state index contributed by atoms with van der Waals surface area (Å²) >= 11 is 0. The Hall–Kier alpha value is -10.2. The van der Waals surface area contributed by atoms with Crippen molar-refractivity contribution in [2.24, 2.45) is 0 Å². The van der Waals surface area contributed by atoms with Crippen LogP contribution in [0.2, 0.25) is 0 Å². The largest absolute Gasteiger partial charge is 0.308 e. The first-order chi connectivity index (χ1) is 40.9. The first kappa shape index (κ1) is 47.5. The van der Waals surface area contributed by atoms with Gasteiger partial charge >= 0.3 is 0 Å². The van der Waals surface area contributed by atoms with Crippen molar-refractivity contribution in [3.8, 4) is 73.5 Å². The van der Waals surface area contributed by atoms with E-state index in [1.54, 1.807) is 0 Å². The first-order valence-electron chi connectivity index (χ1n) is 29.4. The molecule has 0 bridgehead atoms. The molecule has 0 spiro atoms. The lowest BCUT2D eigenvalue weighted by molar-refractivity contribution is 0.661. The fourth-order valence-corrected chi connectivity index (χ4v) is 15.6. The van der Waals surface area contributed by atoms with E-state index < -0.39 is 0 Å². The number of aromatic nitrogens is 6. The zero-order valence-corrected chi connectivity index (χ0v) is 47.6. The van der Waals surface area contributed by atoms with Gasteiger partial charge in [0.15, 0.2) is 11.6 Å². The highest BCUT2D eigenvalue weighted by atomic mass is 15.2. The molecule has 0 fully saturated rings. The molecular weight excluding hydrogens is 1020 g/mol. The topological polar surface area (TPSA) is 53.5 Å². The Labute approximate surface area is 486 Å². The van der Waals surface area contributed by atoms with Gasteiger partial charge in [-0.1, -0.05) is 193 Å². The molecule has 15 aromatic rings. The van der Waals surface area contributed by atoms with Gasteiger partial charge in [0.25, 0.3) is 0 Å². The molecule has 0 amide bonds. The minimum atomic E-state index is -0.227. The summed E-state index contributed by atoms with van der Waals surface area (Å²) in [5.41, 5.74) is 25.6. The van der Waals surface area contributed by atoms with E-state index in [1.165, 1.54) is 88.3 Å². The summed E-state index contributed by atoms with van der Waals surface area (Å²) < 4.78 is 7.21. The Morgan fingerprint density at radius 2 is 0.560 bits per heavy atom. The smallest absolute Gasteiger partial charge is 0.238 e. The van der Waals surface area contributed by atoms with E-state index >= 15 is 0 Å². The zero-order chi connectivity index (χ0) is 56.1. The summed E-state index contributed by atoms with van der Waals surface area (Å²) in [5.74, 6) is 1.72. The van der Waals surface area contributed by atoms with E-state index in [9.17, 15) is 0 Å². The van der Waals surface area contributed by atoms with E-state index in [0.717, 1.165) is 66.4 Å². The molecule has 0 N–H and O–H groups in total. The third kappa shape index (κ3) is 6.16. The molecule has 6 heteroatoms. The van der Waals surface area contributed by atoms with Gasteiger partial charge in [-0.2, -0.15) is 9.97 Å². The van der Waals surface area contributed by atoms with Crippen LogP contribution in [0.15, 0.2) is 231 Å². The second-order valence-electron chi connectivity index (χ2n) is 25.1. The minimum absolute atomic E-state index is 0.149. The standard InChI is InChI=1S/C78H56N6/c1-76(2)61-33-17-9-25-47(61)55-42-70-58(41-62(55)76)50-28-11-19-35-66(50)82(70)68-37-21-13-29-51(68)73-79-74(81-75(80-73)84-67-36-20-12-27-49(67)57-40-54-46-24-8-16-32-60(46)78(5,6)64(54)44-72(57)84)52-30-14-22-38-69(52)83-65-34-18-10-26-48(65)56-39-53-45-23-7-15-31-59(45)77(3,4)63(53)43-71(56)83/h7-44H,1-6H3.